The number of amides is 1. The first-order valence-electron chi connectivity index (χ1n) is 7.74. The summed E-state index contributed by atoms with van der Waals surface area (Å²) in [6.45, 7) is 4.28. The molecule has 0 radical (unpaired) electrons. The lowest BCUT2D eigenvalue weighted by atomic mass is 10.1. The van der Waals surface area contributed by atoms with Gasteiger partial charge in [0.25, 0.3) is 5.91 Å². The van der Waals surface area contributed by atoms with E-state index < -0.39 is 0 Å². The lowest BCUT2D eigenvalue weighted by Crippen LogP contribution is -2.26. The standard InChI is InChI=1S/C19H19N3O2/c1-13-4-8-15(9-5-13)18-20-17(24-21-18)12-22(3)19(23)16-10-6-14(2)7-11-16/h4-11H,12H2,1-3H3. The van der Waals surface area contributed by atoms with Crippen LogP contribution in [0.4, 0.5) is 0 Å². The topological polar surface area (TPSA) is 59.2 Å². The van der Waals surface area contributed by atoms with Crippen LogP contribution in [0.15, 0.2) is 53.1 Å². The van der Waals surface area contributed by atoms with E-state index in [1.165, 1.54) is 5.56 Å². The normalized spacial score (nSPS) is 10.6. The Bertz CT molecular complexity index is 836. The van der Waals surface area contributed by atoms with E-state index in [1.807, 2.05) is 62.4 Å². The summed E-state index contributed by atoms with van der Waals surface area (Å²) >= 11 is 0. The molecule has 1 amide bonds. The van der Waals surface area contributed by atoms with E-state index >= 15 is 0 Å². The number of carbonyl (C=O) groups excluding carboxylic acids is 1. The van der Waals surface area contributed by atoms with Gasteiger partial charge in [0, 0.05) is 18.2 Å². The summed E-state index contributed by atoms with van der Waals surface area (Å²) in [5, 5.41) is 3.99. The molecule has 5 heteroatoms. The monoisotopic (exact) mass is 321 g/mol. The fourth-order valence-electron chi connectivity index (χ4n) is 2.33. The minimum absolute atomic E-state index is 0.0786. The van der Waals surface area contributed by atoms with Crippen molar-refractivity contribution < 1.29 is 9.32 Å². The van der Waals surface area contributed by atoms with Gasteiger partial charge in [-0.05, 0) is 26.0 Å². The maximum Gasteiger partial charge on any atom is 0.254 e. The third-order valence-corrected chi connectivity index (χ3v) is 3.80. The van der Waals surface area contributed by atoms with Crippen molar-refractivity contribution >= 4 is 5.91 Å². The Balaban J connectivity index is 1.70. The molecule has 0 atom stereocenters. The molecule has 0 unspecified atom stereocenters. The van der Waals surface area contributed by atoms with Crippen LogP contribution in [-0.4, -0.2) is 28.0 Å². The maximum atomic E-state index is 12.4. The van der Waals surface area contributed by atoms with Crippen LogP contribution in [0.1, 0.15) is 27.4 Å². The molecule has 1 aromatic heterocycles. The van der Waals surface area contributed by atoms with E-state index in [1.54, 1.807) is 11.9 Å². The molecule has 0 saturated heterocycles. The zero-order valence-corrected chi connectivity index (χ0v) is 14.0. The van der Waals surface area contributed by atoms with E-state index in [2.05, 4.69) is 10.1 Å². The Kier molecular flexibility index (Phi) is 4.42. The number of hydrogen-bond donors (Lipinski definition) is 0. The Morgan fingerprint density at radius 1 is 1.00 bits per heavy atom. The van der Waals surface area contributed by atoms with E-state index in [9.17, 15) is 4.79 Å². The molecule has 0 aliphatic carbocycles. The third-order valence-electron chi connectivity index (χ3n) is 3.80. The van der Waals surface area contributed by atoms with Crippen LogP contribution in [0.25, 0.3) is 11.4 Å². The molecule has 122 valence electrons. The zero-order chi connectivity index (χ0) is 17.1. The fourth-order valence-corrected chi connectivity index (χ4v) is 2.33. The highest BCUT2D eigenvalue weighted by Gasteiger charge is 2.16. The van der Waals surface area contributed by atoms with Gasteiger partial charge in [-0.15, -0.1) is 0 Å². The van der Waals surface area contributed by atoms with Gasteiger partial charge in [-0.25, -0.2) is 0 Å². The van der Waals surface area contributed by atoms with Gasteiger partial charge < -0.3 is 9.42 Å². The predicted octanol–water partition coefficient (Wildman–Crippen LogP) is 3.63. The summed E-state index contributed by atoms with van der Waals surface area (Å²) in [6.07, 6.45) is 0. The van der Waals surface area contributed by atoms with Gasteiger partial charge in [-0.1, -0.05) is 52.7 Å². The number of carbonyl (C=O) groups is 1. The van der Waals surface area contributed by atoms with Gasteiger partial charge in [0.2, 0.25) is 11.7 Å². The Hall–Kier alpha value is -2.95. The molecule has 3 rings (SSSR count). The molecular formula is C19H19N3O2. The van der Waals surface area contributed by atoms with Crippen LogP contribution in [0.2, 0.25) is 0 Å². The molecule has 2 aromatic carbocycles. The molecule has 0 N–H and O–H groups in total. The largest absolute Gasteiger partial charge is 0.337 e. The quantitative estimate of drug-likeness (QED) is 0.736. The van der Waals surface area contributed by atoms with Crippen LogP contribution in [0.3, 0.4) is 0 Å². The third kappa shape index (κ3) is 3.51. The minimum Gasteiger partial charge on any atom is -0.337 e. The van der Waals surface area contributed by atoms with Crippen molar-refractivity contribution in [3.63, 3.8) is 0 Å². The van der Waals surface area contributed by atoms with E-state index in [0.717, 1.165) is 11.1 Å². The zero-order valence-electron chi connectivity index (χ0n) is 14.0. The second-order valence-electron chi connectivity index (χ2n) is 5.90. The Morgan fingerprint density at radius 3 is 2.21 bits per heavy atom. The van der Waals surface area contributed by atoms with Crippen LogP contribution < -0.4 is 0 Å². The predicted molar refractivity (Wildman–Crippen MR) is 91.4 cm³/mol. The van der Waals surface area contributed by atoms with Gasteiger partial charge in [0.05, 0.1) is 6.54 Å². The van der Waals surface area contributed by atoms with E-state index in [4.69, 9.17) is 4.52 Å². The van der Waals surface area contributed by atoms with Gasteiger partial charge in [-0.2, -0.15) is 4.98 Å². The number of rotatable bonds is 4. The number of nitrogens with zero attached hydrogens (tertiary/aromatic N) is 3. The summed E-state index contributed by atoms with van der Waals surface area (Å²) in [6, 6.07) is 15.4. The highest BCUT2D eigenvalue weighted by Crippen LogP contribution is 2.17. The Labute approximate surface area is 140 Å². The highest BCUT2D eigenvalue weighted by molar-refractivity contribution is 5.94. The first-order chi connectivity index (χ1) is 11.5. The van der Waals surface area contributed by atoms with Crippen LogP contribution >= 0.6 is 0 Å². The lowest BCUT2D eigenvalue weighted by Gasteiger charge is -2.14. The maximum absolute atomic E-state index is 12.4. The van der Waals surface area contributed by atoms with Crippen LogP contribution in [0.5, 0.6) is 0 Å². The van der Waals surface area contributed by atoms with Gasteiger partial charge >= 0.3 is 0 Å². The lowest BCUT2D eigenvalue weighted by molar-refractivity contribution is 0.0769. The smallest absolute Gasteiger partial charge is 0.254 e. The molecule has 3 aromatic rings. The SMILES string of the molecule is Cc1ccc(C(=O)N(C)Cc2nc(-c3ccc(C)cc3)no2)cc1. The molecule has 0 bridgehead atoms. The van der Waals surface area contributed by atoms with Crippen LogP contribution in [-0.2, 0) is 6.54 Å². The minimum atomic E-state index is -0.0786. The van der Waals surface area contributed by atoms with Gasteiger partial charge in [0.1, 0.15) is 0 Å². The summed E-state index contributed by atoms with van der Waals surface area (Å²) < 4.78 is 5.27. The summed E-state index contributed by atoms with van der Waals surface area (Å²) in [4.78, 5) is 18.3. The second-order valence-corrected chi connectivity index (χ2v) is 5.90. The summed E-state index contributed by atoms with van der Waals surface area (Å²) in [5.41, 5.74) is 3.82. The Morgan fingerprint density at radius 2 is 1.58 bits per heavy atom. The van der Waals surface area contributed by atoms with Crippen molar-refractivity contribution in [2.24, 2.45) is 0 Å². The number of aromatic nitrogens is 2. The van der Waals surface area contributed by atoms with Gasteiger partial charge in [0.15, 0.2) is 0 Å². The van der Waals surface area contributed by atoms with Crippen molar-refractivity contribution in [1.82, 2.24) is 15.0 Å². The molecule has 0 aliphatic rings. The van der Waals surface area contributed by atoms with Crippen molar-refractivity contribution in [2.75, 3.05) is 7.05 Å². The van der Waals surface area contributed by atoms with Crippen molar-refractivity contribution in [3.05, 3.63) is 71.1 Å². The molecule has 1 heterocycles. The van der Waals surface area contributed by atoms with E-state index in [-0.39, 0.29) is 12.5 Å². The molecular weight excluding hydrogens is 302 g/mol. The van der Waals surface area contributed by atoms with E-state index in [0.29, 0.717) is 17.3 Å². The molecule has 5 nitrogen and oxygen atoms in total. The molecule has 0 aliphatic heterocycles. The average Bonchev–Trinajstić information content (AvgIpc) is 3.04. The number of benzene rings is 2. The number of hydrogen-bond acceptors (Lipinski definition) is 4. The van der Waals surface area contributed by atoms with Gasteiger partial charge in [-0.3, -0.25) is 4.79 Å². The molecule has 24 heavy (non-hydrogen) atoms. The second kappa shape index (κ2) is 6.66. The van der Waals surface area contributed by atoms with Crippen LogP contribution in [0, 0.1) is 13.8 Å². The highest BCUT2D eigenvalue weighted by atomic mass is 16.5. The fraction of sp³-hybridized carbons (Fsp3) is 0.211. The van der Waals surface area contributed by atoms with Crippen molar-refractivity contribution in [3.8, 4) is 11.4 Å². The molecule has 0 fully saturated rings. The summed E-state index contributed by atoms with van der Waals surface area (Å²) in [5.74, 6) is 0.861. The molecule has 0 saturated carbocycles. The first kappa shape index (κ1) is 15.9. The number of aryl methyl sites for hydroxylation is 2. The average molecular weight is 321 g/mol. The van der Waals surface area contributed by atoms with Crippen molar-refractivity contribution in [2.45, 2.75) is 20.4 Å². The first-order valence-corrected chi connectivity index (χ1v) is 7.74. The molecule has 0 spiro atoms. The van der Waals surface area contributed by atoms with Crippen molar-refractivity contribution in [1.29, 1.82) is 0 Å². The summed E-state index contributed by atoms with van der Waals surface area (Å²) in [7, 11) is 1.72.